The van der Waals surface area contributed by atoms with E-state index in [2.05, 4.69) is 5.16 Å². The van der Waals surface area contributed by atoms with Gasteiger partial charge in [-0.3, -0.25) is 0 Å². The van der Waals surface area contributed by atoms with Crippen molar-refractivity contribution in [2.45, 2.75) is 6.18 Å². The largest absolute Gasteiger partial charge is 0.416 e. The van der Waals surface area contributed by atoms with Gasteiger partial charge in [0.1, 0.15) is 5.82 Å². The van der Waals surface area contributed by atoms with Gasteiger partial charge in [0.25, 0.3) is 0 Å². The van der Waals surface area contributed by atoms with Crippen molar-refractivity contribution in [3.05, 3.63) is 35.1 Å². The lowest BCUT2D eigenvalue weighted by Crippen LogP contribution is -2.06. The number of hydrogen-bond acceptors (Lipinski definition) is 2. The third-order valence-electron chi connectivity index (χ3n) is 1.45. The molecule has 0 atom stereocenters. The van der Waals surface area contributed by atoms with E-state index in [0.29, 0.717) is 12.1 Å². The highest BCUT2D eigenvalue weighted by Gasteiger charge is 2.31. The average molecular weight is 207 g/mol. The molecule has 0 unspecified atom stereocenters. The van der Waals surface area contributed by atoms with Crippen molar-refractivity contribution in [1.29, 1.82) is 0 Å². The Hall–Kier alpha value is -1.59. The minimum Gasteiger partial charge on any atom is -0.411 e. The highest BCUT2D eigenvalue weighted by molar-refractivity contribution is 5.79. The number of alkyl halides is 3. The zero-order valence-corrected chi connectivity index (χ0v) is 6.72. The molecule has 0 heterocycles. The molecular formula is C8H5F4NO. The van der Waals surface area contributed by atoms with Crippen molar-refractivity contribution in [2.24, 2.45) is 5.16 Å². The standard InChI is InChI=1S/C8H5F4NO/c9-7-2-5(4-13-14)1-6(3-7)8(10,11)12/h1-4,14H/b13-4+. The zero-order chi connectivity index (χ0) is 10.8. The molecule has 0 aliphatic carbocycles. The Morgan fingerprint density at radius 3 is 2.36 bits per heavy atom. The van der Waals surface area contributed by atoms with Gasteiger partial charge in [-0.1, -0.05) is 5.16 Å². The summed E-state index contributed by atoms with van der Waals surface area (Å²) in [6.07, 6.45) is -3.89. The van der Waals surface area contributed by atoms with Gasteiger partial charge < -0.3 is 5.21 Å². The number of hydrogen-bond donors (Lipinski definition) is 1. The van der Waals surface area contributed by atoms with E-state index < -0.39 is 17.6 Å². The molecule has 1 N–H and O–H groups in total. The highest BCUT2D eigenvalue weighted by Crippen LogP contribution is 2.30. The van der Waals surface area contributed by atoms with Crippen LogP contribution in [0, 0.1) is 5.82 Å². The fraction of sp³-hybridized carbons (Fsp3) is 0.125. The molecule has 1 aromatic carbocycles. The molecule has 0 aliphatic heterocycles. The molecule has 14 heavy (non-hydrogen) atoms. The molecule has 0 aliphatic rings. The third kappa shape index (κ3) is 2.45. The molecule has 0 aromatic heterocycles. The predicted octanol–water partition coefficient (Wildman–Crippen LogP) is 2.65. The van der Waals surface area contributed by atoms with E-state index in [1.807, 2.05) is 0 Å². The highest BCUT2D eigenvalue weighted by atomic mass is 19.4. The van der Waals surface area contributed by atoms with Gasteiger partial charge in [0.15, 0.2) is 0 Å². The Morgan fingerprint density at radius 1 is 1.21 bits per heavy atom. The van der Waals surface area contributed by atoms with Crippen molar-refractivity contribution in [3.63, 3.8) is 0 Å². The first kappa shape index (κ1) is 10.5. The Kier molecular flexibility index (Phi) is 2.73. The average Bonchev–Trinajstić information content (AvgIpc) is 2.02. The summed E-state index contributed by atoms with van der Waals surface area (Å²) in [6.45, 7) is 0. The van der Waals surface area contributed by atoms with Crippen molar-refractivity contribution < 1.29 is 22.8 Å². The van der Waals surface area contributed by atoms with E-state index >= 15 is 0 Å². The van der Waals surface area contributed by atoms with Crippen molar-refractivity contribution in [2.75, 3.05) is 0 Å². The molecular weight excluding hydrogens is 202 g/mol. The fourth-order valence-electron chi connectivity index (χ4n) is 0.917. The monoisotopic (exact) mass is 207 g/mol. The summed E-state index contributed by atoms with van der Waals surface area (Å²) >= 11 is 0. The summed E-state index contributed by atoms with van der Waals surface area (Å²) in [5.74, 6) is -1.03. The predicted molar refractivity (Wildman–Crippen MR) is 40.8 cm³/mol. The van der Waals surface area contributed by atoms with Gasteiger partial charge in [-0.25, -0.2) is 4.39 Å². The zero-order valence-electron chi connectivity index (χ0n) is 6.72. The molecule has 0 saturated carbocycles. The minimum absolute atomic E-state index is 0.153. The van der Waals surface area contributed by atoms with E-state index in [9.17, 15) is 17.6 Å². The van der Waals surface area contributed by atoms with Gasteiger partial charge in [0.05, 0.1) is 11.8 Å². The first-order valence-corrected chi connectivity index (χ1v) is 3.48. The quantitative estimate of drug-likeness (QED) is 0.326. The summed E-state index contributed by atoms with van der Waals surface area (Å²) in [5, 5.41) is 10.6. The number of benzene rings is 1. The summed E-state index contributed by atoms with van der Waals surface area (Å²) in [4.78, 5) is 0. The van der Waals surface area contributed by atoms with Crippen LogP contribution >= 0.6 is 0 Å². The molecule has 2 nitrogen and oxygen atoms in total. The van der Waals surface area contributed by atoms with Crippen molar-refractivity contribution in [1.82, 2.24) is 0 Å². The number of halogens is 4. The maximum atomic E-state index is 12.6. The van der Waals surface area contributed by atoms with Gasteiger partial charge in [-0.2, -0.15) is 13.2 Å². The van der Waals surface area contributed by atoms with Crippen LogP contribution < -0.4 is 0 Å². The number of rotatable bonds is 1. The van der Waals surface area contributed by atoms with E-state index in [1.165, 1.54) is 0 Å². The van der Waals surface area contributed by atoms with Crippen LogP contribution in [-0.4, -0.2) is 11.4 Å². The van der Waals surface area contributed by atoms with Gasteiger partial charge in [0.2, 0.25) is 0 Å². The molecule has 0 radical (unpaired) electrons. The lowest BCUT2D eigenvalue weighted by molar-refractivity contribution is -0.137. The van der Waals surface area contributed by atoms with Crippen LogP contribution in [0.1, 0.15) is 11.1 Å². The van der Waals surface area contributed by atoms with E-state index in [4.69, 9.17) is 5.21 Å². The summed E-state index contributed by atoms with van der Waals surface area (Å²) in [6, 6.07) is 1.88. The second kappa shape index (κ2) is 3.65. The maximum absolute atomic E-state index is 12.6. The number of nitrogens with zero attached hydrogens (tertiary/aromatic N) is 1. The lowest BCUT2D eigenvalue weighted by atomic mass is 10.1. The summed E-state index contributed by atoms with van der Waals surface area (Å²) in [5.41, 5.74) is -1.27. The molecule has 1 rings (SSSR count). The topological polar surface area (TPSA) is 32.6 Å². The number of oxime groups is 1. The summed E-state index contributed by atoms with van der Waals surface area (Å²) < 4.78 is 49.0. The van der Waals surface area contributed by atoms with Crippen LogP contribution in [0.15, 0.2) is 23.4 Å². The van der Waals surface area contributed by atoms with E-state index in [1.54, 1.807) is 0 Å². The fourth-order valence-corrected chi connectivity index (χ4v) is 0.917. The van der Waals surface area contributed by atoms with Gasteiger partial charge >= 0.3 is 6.18 Å². The smallest absolute Gasteiger partial charge is 0.411 e. The van der Waals surface area contributed by atoms with Gasteiger partial charge in [-0.05, 0) is 23.8 Å². The first-order valence-electron chi connectivity index (χ1n) is 3.48. The molecule has 0 bridgehead atoms. The summed E-state index contributed by atoms with van der Waals surface area (Å²) in [7, 11) is 0. The molecule has 6 heteroatoms. The molecule has 0 amide bonds. The minimum atomic E-state index is -4.61. The maximum Gasteiger partial charge on any atom is 0.416 e. The Bertz CT molecular complexity index is 359. The Morgan fingerprint density at radius 2 is 1.86 bits per heavy atom. The Labute approximate surface area is 76.5 Å². The van der Waals surface area contributed by atoms with E-state index in [-0.39, 0.29) is 5.56 Å². The molecule has 0 saturated heterocycles. The van der Waals surface area contributed by atoms with Crippen LogP contribution in [0.25, 0.3) is 0 Å². The second-order valence-corrected chi connectivity index (χ2v) is 2.52. The molecule has 0 spiro atoms. The van der Waals surface area contributed by atoms with Crippen LogP contribution in [0.2, 0.25) is 0 Å². The molecule has 76 valence electrons. The van der Waals surface area contributed by atoms with Crippen LogP contribution in [0.3, 0.4) is 0 Å². The van der Waals surface area contributed by atoms with Gasteiger partial charge in [-0.15, -0.1) is 0 Å². The first-order chi connectivity index (χ1) is 6.43. The molecule has 0 fully saturated rings. The van der Waals surface area contributed by atoms with E-state index in [0.717, 1.165) is 12.3 Å². The van der Waals surface area contributed by atoms with Crippen LogP contribution in [-0.2, 0) is 6.18 Å². The lowest BCUT2D eigenvalue weighted by Gasteiger charge is -2.06. The SMILES string of the molecule is O/N=C/c1cc(F)cc(C(F)(F)F)c1. The van der Waals surface area contributed by atoms with Crippen molar-refractivity contribution in [3.8, 4) is 0 Å². The van der Waals surface area contributed by atoms with Crippen molar-refractivity contribution >= 4 is 6.21 Å². The van der Waals surface area contributed by atoms with Crippen LogP contribution in [0.5, 0.6) is 0 Å². The normalized spacial score (nSPS) is 12.3. The second-order valence-electron chi connectivity index (χ2n) is 2.52. The van der Waals surface area contributed by atoms with Gasteiger partial charge in [0, 0.05) is 0 Å². The molecule has 1 aromatic rings. The third-order valence-corrected chi connectivity index (χ3v) is 1.45. The Balaban J connectivity index is 3.20. The van der Waals surface area contributed by atoms with Crippen LogP contribution in [0.4, 0.5) is 17.6 Å².